The SMILES string of the molecule is c1ccc(-n2c3ccccc3c3ccc(C4=[N+]=C(n5c6ccccc6c6cc7c8ccccc8n8c9cc%10ccccc%10cc9c(c65)c78)c5ccccc54)cc32)cc1. The van der Waals surface area contributed by atoms with Crippen LogP contribution in [0.4, 0.5) is 0 Å². The van der Waals surface area contributed by atoms with Gasteiger partial charge in [-0.1, -0.05) is 109 Å². The average molecular weight is 736 g/mol. The molecule has 0 spiro atoms. The van der Waals surface area contributed by atoms with E-state index >= 15 is 0 Å². The monoisotopic (exact) mass is 735 g/mol. The molecule has 0 amide bonds. The van der Waals surface area contributed by atoms with E-state index in [9.17, 15) is 0 Å². The molecule has 4 heteroatoms. The van der Waals surface area contributed by atoms with E-state index in [4.69, 9.17) is 4.67 Å². The zero-order chi connectivity index (χ0) is 37.6. The first-order chi connectivity index (χ1) is 28.8. The topological polar surface area (TPSA) is 28.4 Å². The van der Waals surface area contributed by atoms with Crippen LogP contribution in [0.3, 0.4) is 0 Å². The normalized spacial score (nSPS) is 13.1. The van der Waals surface area contributed by atoms with Gasteiger partial charge in [-0.3, -0.25) is 0 Å². The van der Waals surface area contributed by atoms with Gasteiger partial charge in [0.2, 0.25) is 5.71 Å². The van der Waals surface area contributed by atoms with Crippen LogP contribution < -0.4 is 4.67 Å². The Hall–Kier alpha value is -7.91. The molecule has 0 unspecified atom stereocenters. The summed E-state index contributed by atoms with van der Waals surface area (Å²) in [5, 5.41) is 12.5. The van der Waals surface area contributed by atoms with E-state index in [-0.39, 0.29) is 0 Å². The van der Waals surface area contributed by atoms with Crippen LogP contribution in [0, 0.1) is 0 Å². The second-order valence-electron chi connectivity index (χ2n) is 15.7. The summed E-state index contributed by atoms with van der Waals surface area (Å²) < 4.78 is 13.1. The number of benzene rings is 9. The summed E-state index contributed by atoms with van der Waals surface area (Å²) in [6, 6.07) is 68.8. The summed E-state index contributed by atoms with van der Waals surface area (Å²) in [5.74, 6) is 0.952. The van der Waals surface area contributed by atoms with Crippen molar-refractivity contribution in [2.24, 2.45) is 0 Å². The molecule has 9 aromatic carbocycles. The molecule has 14 rings (SSSR count). The molecule has 0 bridgehead atoms. The van der Waals surface area contributed by atoms with Gasteiger partial charge in [0.1, 0.15) is 5.52 Å². The molecule has 0 fully saturated rings. The van der Waals surface area contributed by atoms with Crippen LogP contribution in [0.15, 0.2) is 188 Å². The Morgan fingerprint density at radius 1 is 0.345 bits per heavy atom. The van der Waals surface area contributed by atoms with E-state index in [0.29, 0.717) is 0 Å². The van der Waals surface area contributed by atoms with Crippen molar-refractivity contribution in [3.63, 3.8) is 0 Å². The molecule has 4 nitrogen and oxygen atoms in total. The highest BCUT2D eigenvalue weighted by Crippen LogP contribution is 2.47. The molecule has 266 valence electrons. The molecule has 0 N–H and O–H groups in total. The molecule has 0 atom stereocenters. The summed E-state index contributed by atoms with van der Waals surface area (Å²) in [6.45, 7) is 0. The first-order valence-electron chi connectivity index (χ1n) is 20.0. The maximum absolute atomic E-state index is 5.73. The Morgan fingerprint density at radius 3 is 1.72 bits per heavy atom. The highest BCUT2D eigenvalue weighted by atomic mass is 15.1. The Morgan fingerprint density at radius 2 is 0.931 bits per heavy atom. The lowest BCUT2D eigenvalue weighted by molar-refractivity contribution is 1.18. The third-order valence-corrected chi connectivity index (χ3v) is 12.8. The minimum atomic E-state index is 0.952. The molecule has 13 aromatic rings. The van der Waals surface area contributed by atoms with Crippen LogP contribution in [0.1, 0.15) is 16.7 Å². The van der Waals surface area contributed by atoms with Gasteiger partial charge < -0.3 is 8.97 Å². The molecule has 58 heavy (non-hydrogen) atoms. The number of rotatable bonds is 2. The van der Waals surface area contributed by atoms with Gasteiger partial charge in [0, 0.05) is 49.0 Å². The lowest BCUT2D eigenvalue weighted by Crippen LogP contribution is -2.14. The van der Waals surface area contributed by atoms with Gasteiger partial charge in [0.15, 0.2) is 5.52 Å². The fraction of sp³-hybridized carbons (Fsp3) is 0. The molecular formula is C54H31N4+. The highest BCUT2D eigenvalue weighted by Gasteiger charge is 2.36. The van der Waals surface area contributed by atoms with Crippen molar-refractivity contribution >= 4 is 104 Å². The summed E-state index contributed by atoms with van der Waals surface area (Å²) >= 11 is 0. The van der Waals surface area contributed by atoms with E-state index in [0.717, 1.165) is 39.4 Å². The predicted molar refractivity (Wildman–Crippen MR) is 244 cm³/mol. The molecular weight excluding hydrogens is 705 g/mol. The van der Waals surface area contributed by atoms with E-state index in [1.165, 1.54) is 87.0 Å². The molecule has 0 saturated carbocycles. The van der Waals surface area contributed by atoms with Crippen LogP contribution in [0.5, 0.6) is 0 Å². The van der Waals surface area contributed by atoms with Crippen molar-refractivity contribution in [3.05, 3.63) is 205 Å². The van der Waals surface area contributed by atoms with Crippen LogP contribution >= 0.6 is 0 Å². The van der Waals surface area contributed by atoms with Crippen molar-refractivity contribution in [1.82, 2.24) is 18.2 Å². The number of fused-ring (bicyclic) bond motifs is 15. The van der Waals surface area contributed by atoms with Crippen molar-refractivity contribution in [1.29, 1.82) is 0 Å². The lowest BCUT2D eigenvalue weighted by atomic mass is 9.98. The van der Waals surface area contributed by atoms with Gasteiger partial charge in [-0.2, -0.15) is 4.57 Å². The van der Waals surface area contributed by atoms with Gasteiger partial charge in [0.25, 0.3) is 0 Å². The van der Waals surface area contributed by atoms with Crippen molar-refractivity contribution in [3.8, 4) is 5.69 Å². The quantitative estimate of drug-likeness (QED) is 0.158. The Labute approximate surface area is 331 Å². The highest BCUT2D eigenvalue weighted by molar-refractivity contribution is 6.37. The van der Waals surface area contributed by atoms with Crippen LogP contribution in [0.2, 0.25) is 0 Å². The van der Waals surface area contributed by atoms with Crippen molar-refractivity contribution < 1.29 is 0 Å². The maximum atomic E-state index is 5.73. The molecule has 4 aromatic heterocycles. The van der Waals surface area contributed by atoms with Gasteiger partial charge in [-0.25, -0.2) is 4.67 Å². The van der Waals surface area contributed by atoms with E-state index in [1.54, 1.807) is 0 Å². The fourth-order valence-corrected chi connectivity index (χ4v) is 10.4. The van der Waals surface area contributed by atoms with Crippen LogP contribution in [0.25, 0.3) is 98.2 Å². The Balaban J connectivity index is 1.14. The zero-order valence-corrected chi connectivity index (χ0v) is 31.2. The molecule has 1 aliphatic rings. The molecule has 0 aliphatic carbocycles. The average Bonchev–Trinajstić information content (AvgIpc) is 4.07. The van der Waals surface area contributed by atoms with Crippen LogP contribution in [-0.2, 0) is 0 Å². The summed E-state index contributed by atoms with van der Waals surface area (Å²) in [6.07, 6.45) is 0. The smallest absolute Gasteiger partial charge is 0.309 e. The number of hydrogen-bond donors (Lipinski definition) is 0. The first kappa shape index (κ1) is 30.3. The number of aromatic nitrogens is 3. The predicted octanol–water partition coefficient (Wildman–Crippen LogP) is 12.4. The maximum Gasteiger partial charge on any atom is 0.389 e. The fourth-order valence-electron chi connectivity index (χ4n) is 10.4. The zero-order valence-electron chi connectivity index (χ0n) is 31.2. The summed E-state index contributed by atoms with van der Waals surface area (Å²) in [4.78, 5) is 0. The molecule has 0 radical (unpaired) electrons. The second-order valence-corrected chi connectivity index (χ2v) is 15.7. The molecule has 1 aliphatic heterocycles. The number of para-hydroxylation sites is 4. The van der Waals surface area contributed by atoms with E-state index < -0.39 is 0 Å². The lowest BCUT2D eigenvalue weighted by Gasteiger charge is -2.08. The molecule has 5 heterocycles. The van der Waals surface area contributed by atoms with Gasteiger partial charge in [-0.15, -0.1) is 0 Å². The minimum absolute atomic E-state index is 0.952. The van der Waals surface area contributed by atoms with Crippen molar-refractivity contribution in [2.45, 2.75) is 0 Å². The Bertz CT molecular complexity index is 4000. The van der Waals surface area contributed by atoms with Gasteiger partial charge in [0.05, 0.1) is 44.1 Å². The Kier molecular flexibility index (Phi) is 5.70. The third-order valence-electron chi connectivity index (χ3n) is 12.8. The van der Waals surface area contributed by atoms with Crippen molar-refractivity contribution in [2.75, 3.05) is 0 Å². The first-order valence-corrected chi connectivity index (χ1v) is 20.0. The molecule has 0 saturated heterocycles. The summed E-state index contributed by atoms with van der Waals surface area (Å²) in [7, 11) is 0. The van der Waals surface area contributed by atoms with Gasteiger partial charge in [-0.05, 0) is 89.6 Å². The van der Waals surface area contributed by atoms with Crippen LogP contribution in [-0.4, -0.2) is 25.1 Å². The standard InChI is InChI=1S/C54H31N4/c1-2-16-35(17-3-1)56-45-23-11-8-18-36(45)39-27-26-34(30-48(39)56)51-40-21-6-7-22-41(40)54(55-51)58-47-25-13-10-20-38(47)43-31-42-37-19-9-12-24-46(37)57-49-29-33-15-5-4-14-32(33)28-44(49)50(52(42)57)53(43)58/h1-31H/q+1. The minimum Gasteiger partial charge on any atom is -0.309 e. The number of hydrogen-bond acceptors (Lipinski definition) is 0. The van der Waals surface area contributed by atoms with E-state index in [2.05, 4.69) is 202 Å². The third kappa shape index (κ3) is 3.77. The largest absolute Gasteiger partial charge is 0.389 e. The number of nitrogens with zero attached hydrogens (tertiary/aromatic N) is 4. The van der Waals surface area contributed by atoms with Gasteiger partial charge >= 0.3 is 5.84 Å². The summed E-state index contributed by atoms with van der Waals surface area (Å²) in [5.41, 5.74) is 13.9. The van der Waals surface area contributed by atoms with E-state index in [1.807, 2.05) is 0 Å². The second kappa shape index (κ2) is 10.9.